The molecule has 1 aromatic carbocycles. The van der Waals surface area contributed by atoms with Gasteiger partial charge in [0.2, 0.25) is 0 Å². The lowest BCUT2D eigenvalue weighted by molar-refractivity contribution is 0.0683. The molecule has 1 N–H and O–H groups in total. The van der Waals surface area contributed by atoms with Gasteiger partial charge in [0, 0.05) is 37.6 Å². The molecule has 4 rings (SSSR count). The van der Waals surface area contributed by atoms with Crippen LogP contribution in [0.4, 0.5) is 8.78 Å². The van der Waals surface area contributed by atoms with Gasteiger partial charge in [-0.2, -0.15) is 0 Å². The molecule has 0 aliphatic carbocycles. The smallest absolute Gasteiger partial charge is 0.255 e. The van der Waals surface area contributed by atoms with Crippen molar-refractivity contribution in [3.05, 3.63) is 83.8 Å². The van der Waals surface area contributed by atoms with Crippen molar-refractivity contribution in [1.82, 2.24) is 20.2 Å². The van der Waals surface area contributed by atoms with Crippen LogP contribution >= 0.6 is 0 Å². The van der Waals surface area contributed by atoms with E-state index in [4.69, 9.17) is 0 Å². The molecule has 0 radical (unpaired) electrons. The highest BCUT2D eigenvalue weighted by atomic mass is 19.1. The summed E-state index contributed by atoms with van der Waals surface area (Å²) in [6.45, 7) is 1.58. The van der Waals surface area contributed by atoms with Crippen molar-refractivity contribution >= 4 is 11.8 Å². The maximum atomic E-state index is 13.4. The average Bonchev–Trinajstić information content (AvgIpc) is 2.82. The minimum atomic E-state index is -0.535. The molecule has 0 bridgehead atoms. The lowest BCUT2D eigenvalue weighted by Crippen LogP contribution is -2.41. The summed E-state index contributed by atoms with van der Waals surface area (Å²) in [6.07, 6.45) is 5.39. The van der Waals surface area contributed by atoms with E-state index in [2.05, 4.69) is 15.3 Å². The number of piperidine rings is 1. The summed E-state index contributed by atoms with van der Waals surface area (Å²) in [6, 6.07) is 10.7. The van der Waals surface area contributed by atoms with Crippen LogP contribution in [0.2, 0.25) is 0 Å². The summed E-state index contributed by atoms with van der Waals surface area (Å²) in [5.74, 6) is -1.09. The molecule has 0 atom stereocenters. The van der Waals surface area contributed by atoms with Gasteiger partial charge in [-0.3, -0.25) is 19.6 Å². The van der Waals surface area contributed by atoms with Crippen molar-refractivity contribution < 1.29 is 18.4 Å². The predicted molar refractivity (Wildman–Crippen MR) is 115 cm³/mol. The minimum Gasteiger partial charge on any atom is -0.352 e. The summed E-state index contributed by atoms with van der Waals surface area (Å²) in [4.78, 5) is 34.6. The van der Waals surface area contributed by atoms with E-state index in [0.29, 0.717) is 36.5 Å². The van der Waals surface area contributed by atoms with Crippen molar-refractivity contribution in [2.75, 3.05) is 19.6 Å². The van der Waals surface area contributed by atoms with Crippen molar-refractivity contribution in [3.63, 3.8) is 0 Å². The van der Waals surface area contributed by atoms with Gasteiger partial charge in [0.15, 0.2) is 0 Å². The lowest BCUT2D eigenvalue weighted by atomic mass is 9.96. The van der Waals surface area contributed by atoms with Gasteiger partial charge in [-0.05, 0) is 49.1 Å². The fourth-order valence-electron chi connectivity index (χ4n) is 3.74. The SMILES string of the molecule is O=C(NCC1CCN(C(=O)c2cncc(F)c2)CC1)c1ccc(-c2cccc(F)c2)nc1. The molecule has 2 amide bonds. The second kappa shape index (κ2) is 9.64. The lowest BCUT2D eigenvalue weighted by Gasteiger charge is -2.32. The number of halogens is 2. The van der Waals surface area contributed by atoms with Crippen molar-refractivity contribution in [1.29, 1.82) is 0 Å². The van der Waals surface area contributed by atoms with E-state index in [1.807, 2.05) is 0 Å². The van der Waals surface area contributed by atoms with Gasteiger partial charge < -0.3 is 10.2 Å². The number of hydrogen-bond acceptors (Lipinski definition) is 4. The van der Waals surface area contributed by atoms with Crippen molar-refractivity contribution in [2.45, 2.75) is 12.8 Å². The fraction of sp³-hybridized carbons (Fsp3) is 0.250. The Kier molecular flexibility index (Phi) is 6.49. The van der Waals surface area contributed by atoms with Crippen LogP contribution in [-0.4, -0.2) is 46.3 Å². The van der Waals surface area contributed by atoms with Crippen LogP contribution in [0.1, 0.15) is 33.6 Å². The van der Waals surface area contributed by atoms with Gasteiger partial charge in [-0.1, -0.05) is 12.1 Å². The second-order valence-electron chi connectivity index (χ2n) is 7.78. The Morgan fingerprint density at radius 2 is 1.78 bits per heavy atom. The number of carbonyl (C=O) groups excluding carboxylic acids is 2. The zero-order valence-electron chi connectivity index (χ0n) is 17.3. The Morgan fingerprint density at radius 1 is 0.969 bits per heavy atom. The fourth-order valence-corrected chi connectivity index (χ4v) is 3.74. The number of aromatic nitrogens is 2. The number of benzene rings is 1. The largest absolute Gasteiger partial charge is 0.352 e. The van der Waals surface area contributed by atoms with Crippen LogP contribution in [0.25, 0.3) is 11.3 Å². The van der Waals surface area contributed by atoms with Crippen LogP contribution in [0.5, 0.6) is 0 Å². The highest BCUT2D eigenvalue weighted by Crippen LogP contribution is 2.20. The Morgan fingerprint density at radius 3 is 2.47 bits per heavy atom. The highest BCUT2D eigenvalue weighted by Gasteiger charge is 2.24. The number of amides is 2. The first-order chi connectivity index (χ1) is 15.5. The zero-order chi connectivity index (χ0) is 22.5. The molecule has 1 saturated heterocycles. The number of hydrogen-bond donors (Lipinski definition) is 1. The van der Waals surface area contributed by atoms with E-state index in [9.17, 15) is 18.4 Å². The number of pyridine rings is 2. The first-order valence-corrected chi connectivity index (χ1v) is 10.4. The monoisotopic (exact) mass is 436 g/mol. The molecule has 0 saturated carbocycles. The number of carbonyl (C=O) groups is 2. The molecular weight excluding hydrogens is 414 g/mol. The number of rotatable bonds is 5. The molecule has 6 nitrogen and oxygen atoms in total. The molecule has 1 aliphatic heterocycles. The Balaban J connectivity index is 1.26. The third kappa shape index (κ3) is 5.14. The van der Waals surface area contributed by atoms with Gasteiger partial charge in [0.05, 0.1) is 23.0 Å². The average molecular weight is 436 g/mol. The van der Waals surface area contributed by atoms with Gasteiger partial charge >= 0.3 is 0 Å². The topological polar surface area (TPSA) is 75.2 Å². The standard InChI is InChI=1S/C24H22F2N4O2/c25-20-3-1-2-17(10-20)22-5-4-18(14-28-22)23(31)29-12-16-6-8-30(9-7-16)24(32)19-11-21(26)15-27-13-19/h1-5,10-11,13-16H,6-9,12H2,(H,29,31). The van der Waals surface area contributed by atoms with Crippen LogP contribution < -0.4 is 5.32 Å². The normalized spacial score (nSPS) is 14.2. The van der Waals surface area contributed by atoms with Gasteiger partial charge in [-0.15, -0.1) is 0 Å². The third-order valence-electron chi connectivity index (χ3n) is 5.55. The molecule has 32 heavy (non-hydrogen) atoms. The van der Waals surface area contributed by atoms with E-state index in [-0.39, 0.29) is 29.1 Å². The van der Waals surface area contributed by atoms with E-state index >= 15 is 0 Å². The van der Waals surface area contributed by atoms with E-state index in [1.165, 1.54) is 30.6 Å². The summed E-state index contributed by atoms with van der Waals surface area (Å²) in [5.41, 5.74) is 1.90. The quantitative estimate of drug-likeness (QED) is 0.662. The van der Waals surface area contributed by atoms with Crippen LogP contribution in [0, 0.1) is 17.6 Å². The summed E-state index contributed by atoms with van der Waals surface area (Å²) in [5, 5.41) is 2.92. The summed E-state index contributed by atoms with van der Waals surface area (Å²) >= 11 is 0. The third-order valence-corrected chi connectivity index (χ3v) is 5.55. The minimum absolute atomic E-state index is 0.229. The number of nitrogens with one attached hydrogen (secondary N) is 1. The maximum Gasteiger partial charge on any atom is 0.255 e. The van der Waals surface area contributed by atoms with Crippen molar-refractivity contribution in [3.8, 4) is 11.3 Å². The van der Waals surface area contributed by atoms with Gasteiger partial charge in [-0.25, -0.2) is 8.78 Å². The van der Waals surface area contributed by atoms with Gasteiger partial charge in [0.1, 0.15) is 11.6 Å². The molecule has 0 unspecified atom stereocenters. The zero-order valence-corrected chi connectivity index (χ0v) is 17.3. The predicted octanol–water partition coefficient (Wildman–Crippen LogP) is 3.70. The number of likely N-dealkylation sites (tertiary alicyclic amines) is 1. The summed E-state index contributed by atoms with van der Waals surface area (Å²) < 4.78 is 26.7. The molecule has 3 heterocycles. The highest BCUT2D eigenvalue weighted by molar-refractivity contribution is 5.94. The van der Waals surface area contributed by atoms with Crippen LogP contribution in [-0.2, 0) is 0 Å². The second-order valence-corrected chi connectivity index (χ2v) is 7.78. The molecular formula is C24H22F2N4O2. The first-order valence-electron chi connectivity index (χ1n) is 10.4. The molecule has 2 aromatic heterocycles. The molecule has 8 heteroatoms. The summed E-state index contributed by atoms with van der Waals surface area (Å²) in [7, 11) is 0. The molecule has 1 aliphatic rings. The Hall–Kier alpha value is -3.68. The van der Waals surface area contributed by atoms with Gasteiger partial charge in [0.25, 0.3) is 11.8 Å². The first kappa shape index (κ1) is 21.5. The molecule has 3 aromatic rings. The molecule has 0 spiro atoms. The molecule has 164 valence electrons. The van der Waals surface area contributed by atoms with Crippen LogP contribution in [0.3, 0.4) is 0 Å². The Labute approximate surface area is 184 Å². The van der Waals surface area contributed by atoms with E-state index < -0.39 is 5.82 Å². The maximum absolute atomic E-state index is 13.4. The van der Waals surface area contributed by atoms with E-state index in [0.717, 1.165) is 19.0 Å². The number of nitrogens with zero attached hydrogens (tertiary/aromatic N) is 3. The molecule has 1 fully saturated rings. The van der Waals surface area contributed by atoms with Crippen molar-refractivity contribution in [2.24, 2.45) is 5.92 Å². The van der Waals surface area contributed by atoms with E-state index in [1.54, 1.807) is 29.2 Å². The van der Waals surface area contributed by atoms with Crippen LogP contribution in [0.15, 0.2) is 61.1 Å². The Bertz CT molecular complexity index is 1110.